The van der Waals surface area contributed by atoms with Crippen LogP contribution in [0.25, 0.3) is 0 Å². The number of nitrogens with zero attached hydrogens (tertiary/aromatic N) is 1. The summed E-state index contributed by atoms with van der Waals surface area (Å²) >= 11 is 0. The van der Waals surface area contributed by atoms with E-state index >= 15 is 0 Å². The average Bonchev–Trinajstić information content (AvgIpc) is 3.21. The van der Waals surface area contributed by atoms with Crippen LogP contribution >= 0.6 is 0 Å². The summed E-state index contributed by atoms with van der Waals surface area (Å²) in [6, 6.07) is 5.28. The minimum atomic E-state index is -0.271. The van der Waals surface area contributed by atoms with Gasteiger partial charge in [0.2, 0.25) is 0 Å². The lowest BCUT2D eigenvalue weighted by Crippen LogP contribution is -1.97. The van der Waals surface area contributed by atoms with Gasteiger partial charge in [-0.2, -0.15) is 0 Å². The van der Waals surface area contributed by atoms with Gasteiger partial charge in [-0.15, -0.1) is 0 Å². The second-order valence-electron chi connectivity index (χ2n) is 4.97. The van der Waals surface area contributed by atoms with Crippen molar-refractivity contribution in [2.24, 2.45) is 0 Å². The number of hydrogen-bond acceptors (Lipinski definition) is 3. The molecule has 1 fully saturated rings. The number of rotatable bonds is 3. The van der Waals surface area contributed by atoms with Crippen molar-refractivity contribution in [1.29, 1.82) is 0 Å². The molecular weight excluding hydrogens is 243 g/mol. The van der Waals surface area contributed by atoms with E-state index in [1.807, 2.05) is 6.07 Å². The summed E-state index contributed by atoms with van der Waals surface area (Å²) in [7, 11) is 0. The van der Waals surface area contributed by atoms with Gasteiger partial charge in [0.05, 0.1) is 23.8 Å². The third kappa shape index (κ3) is 2.38. The van der Waals surface area contributed by atoms with E-state index in [-0.39, 0.29) is 11.6 Å². The molecule has 0 amide bonds. The van der Waals surface area contributed by atoms with Crippen molar-refractivity contribution in [3.05, 3.63) is 47.5 Å². The molecular formula is C15H15FN2O. The Hall–Kier alpha value is -2.10. The molecule has 1 saturated carbocycles. The van der Waals surface area contributed by atoms with E-state index in [2.05, 4.69) is 10.3 Å². The molecule has 4 heteroatoms. The predicted molar refractivity (Wildman–Crippen MR) is 72.3 cm³/mol. The molecule has 1 aromatic heterocycles. The maximum Gasteiger partial charge on any atom is 0.146 e. The quantitative estimate of drug-likeness (QED) is 0.878. The lowest BCUT2D eigenvalue weighted by Gasteiger charge is -2.11. The number of aromatic nitrogens is 1. The van der Waals surface area contributed by atoms with Crippen molar-refractivity contribution >= 4 is 11.4 Å². The summed E-state index contributed by atoms with van der Waals surface area (Å²) in [6.07, 6.45) is 5.25. The van der Waals surface area contributed by atoms with Crippen molar-refractivity contribution in [2.45, 2.75) is 25.7 Å². The van der Waals surface area contributed by atoms with Crippen molar-refractivity contribution < 1.29 is 9.50 Å². The van der Waals surface area contributed by atoms with Crippen LogP contribution in [0, 0.1) is 12.7 Å². The zero-order chi connectivity index (χ0) is 13.4. The number of nitrogens with one attached hydrogen (secondary N) is 1. The Kier molecular flexibility index (Phi) is 2.85. The standard InChI is InChI=1S/C15H15FN2O/c1-9-14(7-17-8-15(9)19)18-13-5-4-11(6-12(13)16)10-2-3-10/h4-8,10,18-19H,2-3H2,1H3. The highest BCUT2D eigenvalue weighted by Crippen LogP contribution is 2.41. The minimum absolute atomic E-state index is 0.0972. The first-order valence-electron chi connectivity index (χ1n) is 6.35. The van der Waals surface area contributed by atoms with Gasteiger partial charge in [0, 0.05) is 5.56 Å². The molecule has 0 aliphatic heterocycles. The first-order chi connectivity index (χ1) is 9.15. The number of aromatic hydroxyl groups is 1. The van der Waals surface area contributed by atoms with E-state index in [0.717, 1.165) is 18.4 Å². The number of pyridine rings is 1. The zero-order valence-corrected chi connectivity index (χ0v) is 10.7. The summed E-state index contributed by atoms with van der Waals surface area (Å²) in [4.78, 5) is 3.89. The average molecular weight is 258 g/mol. The molecule has 98 valence electrons. The van der Waals surface area contributed by atoms with Gasteiger partial charge in [-0.1, -0.05) is 6.07 Å². The van der Waals surface area contributed by atoms with E-state index in [1.54, 1.807) is 25.3 Å². The largest absolute Gasteiger partial charge is 0.506 e. The maximum absolute atomic E-state index is 14.0. The topological polar surface area (TPSA) is 45.2 Å². The highest BCUT2D eigenvalue weighted by atomic mass is 19.1. The number of hydrogen-bond donors (Lipinski definition) is 2. The van der Waals surface area contributed by atoms with Crippen molar-refractivity contribution in [1.82, 2.24) is 4.98 Å². The Labute approximate surface area is 111 Å². The summed E-state index contributed by atoms with van der Waals surface area (Å²) < 4.78 is 14.0. The van der Waals surface area contributed by atoms with E-state index in [1.165, 1.54) is 6.20 Å². The lowest BCUT2D eigenvalue weighted by molar-refractivity contribution is 0.469. The molecule has 1 aliphatic carbocycles. The number of benzene rings is 1. The number of halogens is 1. The molecule has 0 saturated heterocycles. The molecule has 0 bridgehead atoms. The Morgan fingerprint density at radius 2 is 2.05 bits per heavy atom. The summed E-state index contributed by atoms with van der Waals surface area (Å²) in [6.45, 7) is 1.76. The van der Waals surface area contributed by atoms with Gasteiger partial charge < -0.3 is 10.4 Å². The second-order valence-corrected chi connectivity index (χ2v) is 4.97. The summed E-state index contributed by atoms with van der Waals surface area (Å²) in [5.74, 6) is 0.361. The molecule has 2 aromatic rings. The molecule has 0 unspecified atom stereocenters. The summed E-state index contributed by atoms with van der Waals surface area (Å²) in [5.41, 5.74) is 2.73. The van der Waals surface area contributed by atoms with Gasteiger partial charge in [-0.3, -0.25) is 4.98 Å². The number of anilines is 2. The van der Waals surface area contributed by atoms with Crippen molar-refractivity contribution in [3.8, 4) is 5.75 Å². The fourth-order valence-corrected chi connectivity index (χ4v) is 2.09. The molecule has 19 heavy (non-hydrogen) atoms. The highest BCUT2D eigenvalue weighted by Gasteiger charge is 2.24. The molecule has 1 aromatic carbocycles. The first kappa shape index (κ1) is 12.0. The lowest BCUT2D eigenvalue weighted by atomic mass is 10.1. The van der Waals surface area contributed by atoms with E-state index in [0.29, 0.717) is 22.9 Å². The van der Waals surface area contributed by atoms with Crippen LogP contribution in [0.4, 0.5) is 15.8 Å². The van der Waals surface area contributed by atoms with Crippen LogP contribution in [-0.2, 0) is 0 Å². The Bertz CT molecular complexity index is 624. The van der Waals surface area contributed by atoms with Crippen molar-refractivity contribution in [3.63, 3.8) is 0 Å². The minimum Gasteiger partial charge on any atom is -0.506 e. The van der Waals surface area contributed by atoms with Crippen LogP contribution in [0.3, 0.4) is 0 Å². The smallest absolute Gasteiger partial charge is 0.146 e. The Morgan fingerprint density at radius 3 is 2.74 bits per heavy atom. The van der Waals surface area contributed by atoms with Crippen molar-refractivity contribution in [2.75, 3.05) is 5.32 Å². The molecule has 0 atom stereocenters. The SMILES string of the molecule is Cc1c(O)cncc1Nc1ccc(C2CC2)cc1F. The van der Waals surface area contributed by atoms with Crippen LogP contribution in [-0.4, -0.2) is 10.1 Å². The molecule has 3 nitrogen and oxygen atoms in total. The Balaban J connectivity index is 1.88. The van der Waals surface area contributed by atoms with Crippen LogP contribution < -0.4 is 5.32 Å². The van der Waals surface area contributed by atoms with E-state index in [9.17, 15) is 9.50 Å². The molecule has 3 rings (SSSR count). The molecule has 1 heterocycles. The maximum atomic E-state index is 14.0. The molecule has 0 spiro atoms. The fourth-order valence-electron chi connectivity index (χ4n) is 2.09. The van der Waals surface area contributed by atoms with Gasteiger partial charge in [0.1, 0.15) is 11.6 Å². The van der Waals surface area contributed by atoms with E-state index < -0.39 is 0 Å². The summed E-state index contributed by atoms with van der Waals surface area (Å²) in [5, 5.41) is 12.5. The molecule has 0 radical (unpaired) electrons. The van der Waals surface area contributed by atoms with Gasteiger partial charge in [-0.05, 0) is 43.4 Å². The third-order valence-corrected chi connectivity index (χ3v) is 3.50. The molecule has 1 aliphatic rings. The second kappa shape index (κ2) is 4.53. The van der Waals surface area contributed by atoms with Crippen LogP contribution in [0.1, 0.15) is 29.9 Å². The van der Waals surface area contributed by atoms with Gasteiger partial charge in [0.25, 0.3) is 0 Å². The zero-order valence-electron chi connectivity index (χ0n) is 10.7. The van der Waals surface area contributed by atoms with Gasteiger partial charge in [0.15, 0.2) is 0 Å². The normalized spacial score (nSPS) is 14.4. The van der Waals surface area contributed by atoms with Crippen LogP contribution in [0.5, 0.6) is 5.75 Å². The predicted octanol–water partition coefficient (Wildman–Crippen LogP) is 3.86. The molecule has 2 N–H and O–H groups in total. The third-order valence-electron chi connectivity index (χ3n) is 3.50. The van der Waals surface area contributed by atoms with Gasteiger partial charge >= 0.3 is 0 Å². The fraction of sp³-hybridized carbons (Fsp3) is 0.267. The monoisotopic (exact) mass is 258 g/mol. The first-order valence-corrected chi connectivity index (χ1v) is 6.35. The highest BCUT2D eigenvalue weighted by molar-refractivity contribution is 5.65. The van der Waals surface area contributed by atoms with Gasteiger partial charge in [-0.25, -0.2) is 4.39 Å². The van der Waals surface area contributed by atoms with Crippen LogP contribution in [0.2, 0.25) is 0 Å². The Morgan fingerprint density at radius 1 is 1.26 bits per heavy atom. The van der Waals surface area contributed by atoms with Crippen LogP contribution in [0.15, 0.2) is 30.6 Å². The van der Waals surface area contributed by atoms with E-state index in [4.69, 9.17) is 0 Å².